The molecule has 0 aliphatic carbocycles. The van der Waals surface area contributed by atoms with Crippen LogP contribution in [0.1, 0.15) is 26.7 Å². The highest BCUT2D eigenvalue weighted by Crippen LogP contribution is 2.21. The third-order valence-electron chi connectivity index (χ3n) is 3.37. The van der Waals surface area contributed by atoms with E-state index in [0.717, 1.165) is 25.9 Å². The zero-order chi connectivity index (χ0) is 13.8. The summed E-state index contributed by atoms with van der Waals surface area (Å²) in [5.41, 5.74) is 5.28. The molecule has 0 atom stereocenters. The van der Waals surface area contributed by atoms with Crippen molar-refractivity contribution in [2.24, 2.45) is 11.7 Å². The summed E-state index contributed by atoms with van der Waals surface area (Å²) in [6.45, 7) is 6.45. The molecule has 0 aromatic rings. The molecule has 6 nitrogen and oxygen atoms in total. The predicted molar refractivity (Wildman–Crippen MR) is 73.4 cm³/mol. The molecule has 0 aromatic carbocycles. The fourth-order valence-electron chi connectivity index (χ4n) is 1.99. The van der Waals surface area contributed by atoms with Crippen molar-refractivity contribution in [2.45, 2.75) is 32.2 Å². The van der Waals surface area contributed by atoms with Crippen LogP contribution >= 0.6 is 0 Å². The molecule has 0 radical (unpaired) electrons. The van der Waals surface area contributed by atoms with Gasteiger partial charge in [0.25, 0.3) is 10.2 Å². The maximum absolute atomic E-state index is 12.0. The lowest BCUT2D eigenvalue weighted by molar-refractivity contribution is 0.181. The van der Waals surface area contributed by atoms with Gasteiger partial charge in [0.1, 0.15) is 0 Å². The van der Waals surface area contributed by atoms with Crippen LogP contribution in [0.4, 0.5) is 0 Å². The summed E-state index contributed by atoms with van der Waals surface area (Å²) in [4.78, 5) is 2.18. The quantitative estimate of drug-likeness (QED) is 0.611. The van der Waals surface area contributed by atoms with Crippen molar-refractivity contribution in [1.29, 1.82) is 0 Å². The largest absolute Gasteiger partial charge is 0.329 e. The van der Waals surface area contributed by atoms with Crippen molar-refractivity contribution in [3.8, 4) is 0 Å². The Labute approximate surface area is 110 Å². The van der Waals surface area contributed by atoms with E-state index in [1.165, 1.54) is 0 Å². The van der Waals surface area contributed by atoms with Crippen LogP contribution in [0.15, 0.2) is 0 Å². The third-order valence-corrected chi connectivity index (χ3v) is 4.62. The third kappa shape index (κ3) is 4.81. The molecule has 0 aromatic heterocycles. The van der Waals surface area contributed by atoms with Gasteiger partial charge in [0.15, 0.2) is 0 Å². The summed E-state index contributed by atoms with van der Waals surface area (Å²) < 4.78 is 29.2. The van der Waals surface area contributed by atoms with Gasteiger partial charge >= 0.3 is 0 Å². The zero-order valence-corrected chi connectivity index (χ0v) is 12.4. The minimum Gasteiger partial charge on any atom is -0.329 e. The van der Waals surface area contributed by atoms with Crippen molar-refractivity contribution in [1.82, 2.24) is 14.3 Å². The molecular formula is C11H26N4O2S. The standard InChI is InChI=1S/C11H26N4O2S/c1-10(2)8-13-18(16,17)14-11(9-12)4-6-15(3)7-5-11/h10,13-14H,4-9,12H2,1-3H3. The Morgan fingerprint density at radius 3 is 2.33 bits per heavy atom. The maximum Gasteiger partial charge on any atom is 0.277 e. The smallest absolute Gasteiger partial charge is 0.277 e. The summed E-state index contributed by atoms with van der Waals surface area (Å²) in [5.74, 6) is 0.285. The predicted octanol–water partition coefficient (Wildman–Crippen LogP) is -0.510. The van der Waals surface area contributed by atoms with Crippen LogP contribution in [0.5, 0.6) is 0 Å². The number of piperidine rings is 1. The van der Waals surface area contributed by atoms with Gasteiger partial charge in [-0.2, -0.15) is 13.1 Å². The number of nitrogens with one attached hydrogen (secondary N) is 2. The molecule has 1 heterocycles. The highest BCUT2D eigenvalue weighted by Gasteiger charge is 2.35. The van der Waals surface area contributed by atoms with Gasteiger partial charge in [0, 0.05) is 18.6 Å². The highest BCUT2D eigenvalue weighted by molar-refractivity contribution is 7.87. The van der Waals surface area contributed by atoms with Gasteiger partial charge in [-0.3, -0.25) is 0 Å². The zero-order valence-electron chi connectivity index (χ0n) is 11.6. The Bertz CT molecular complexity index is 348. The molecule has 0 saturated carbocycles. The summed E-state index contributed by atoms with van der Waals surface area (Å²) in [5, 5.41) is 0. The number of nitrogens with two attached hydrogens (primary N) is 1. The molecule has 0 amide bonds. The number of hydrogen-bond donors (Lipinski definition) is 3. The van der Waals surface area contributed by atoms with E-state index in [1.807, 2.05) is 20.9 Å². The summed E-state index contributed by atoms with van der Waals surface area (Å²) in [7, 11) is -1.43. The topological polar surface area (TPSA) is 87.5 Å². The van der Waals surface area contributed by atoms with Gasteiger partial charge < -0.3 is 10.6 Å². The highest BCUT2D eigenvalue weighted by atomic mass is 32.2. The lowest BCUT2D eigenvalue weighted by atomic mass is 9.89. The van der Waals surface area contributed by atoms with E-state index in [4.69, 9.17) is 5.73 Å². The molecular weight excluding hydrogens is 252 g/mol. The van der Waals surface area contributed by atoms with Gasteiger partial charge in [-0.05, 0) is 38.9 Å². The molecule has 1 aliphatic heterocycles. The van der Waals surface area contributed by atoms with E-state index in [9.17, 15) is 8.42 Å². The second kappa shape index (κ2) is 6.29. The molecule has 1 fully saturated rings. The first kappa shape index (κ1) is 15.8. The van der Waals surface area contributed by atoms with Gasteiger partial charge in [-0.1, -0.05) is 13.8 Å². The van der Waals surface area contributed by atoms with Crippen LogP contribution in [0, 0.1) is 5.92 Å². The van der Waals surface area contributed by atoms with Gasteiger partial charge in [0.05, 0.1) is 0 Å². The Hall–Kier alpha value is -0.210. The first-order chi connectivity index (χ1) is 8.29. The van der Waals surface area contributed by atoms with E-state index < -0.39 is 15.7 Å². The van der Waals surface area contributed by atoms with Crippen molar-refractivity contribution >= 4 is 10.2 Å². The number of likely N-dealkylation sites (tertiary alicyclic amines) is 1. The van der Waals surface area contributed by atoms with Crippen LogP contribution in [0.25, 0.3) is 0 Å². The number of nitrogens with zero attached hydrogens (tertiary/aromatic N) is 1. The first-order valence-corrected chi connectivity index (χ1v) is 7.94. The van der Waals surface area contributed by atoms with Gasteiger partial charge in [-0.15, -0.1) is 0 Å². The van der Waals surface area contributed by atoms with Crippen LogP contribution in [0.2, 0.25) is 0 Å². The van der Waals surface area contributed by atoms with E-state index in [1.54, 1.807) is 0 Å². The Morgan fingerprint density at radius 2 is 1.89 bits per heavy atom. The lowest BCUT2D eigenvalue weighted by Gasteiger charge is -2.40. The van der Waals surface area contributed by atoms with Crippen molar-refractivity contribution < 1.29 is 8.42 Å². The molecule has 0 bridgehead atoms. The van der Waals surface area contributed by atoms with Gasteiger partial charge in [0.2, 0.25) is 0 Å². The molecule has 4 N–H and O–H groups in total. The second-order valence-electron chi connectivity index (χ2n) is 5.64. The summed E-state index contributed by atoms with van der Waals surface area (Å²) in [6, 6.07) is 0. The minimum absolute atomic E-state index is 0.285. The Morgan fingerprint density at radius 1 is 1.33 bits per heavy atom. The molecule has 0 spiro atoms. The fourth-order valence-corrected chi connectivity index (χ4v) is 3.47. The SMILES string of the molecule is CC(C)CNS(=O)(=O)NC1(CN)CCN(C)CC1. The van der Waals surface area contributed by atoms with Crippen LogP contribution in [-0.2, 0) is 10.2 Å². The van der Waals surface area contributed by atoms with E-state index in [0.29, 0.717) is 13.1 Å². The van der Waals surface area contributed by atoms with Crippen LogP contribution < -0.4 is 15.2 Å². The molecule has 1 rings (SSSR count). The van der Waals surface area contributed by atoms with Crippen LogP contribution in [0.3, 0.4) is 0 Å². The number of rotatable bonds is 6. The molecule has 7 heteroatoms. The maximum atomic E-state index is 12.0. The van der Waals surface area contributed by atoms with Crippen molar-refractivity contribution in [3.63, 3.8) is 0 Å². The molecule has 18 heavy (non-hydrogen) atoms. The summed E-state index contributed by atoms with van der Waals surface area (Å²) in [6.07, 6.45) is 1.51. The molecule has 1 aliphatic rings. The second-order valence-corrected chi connectivity index (χ2v) is 7.14. The monoisotopic (exact) mass is 278 g/mol. The fraction of sp³-hybridized carbons (Fsp3) is 1.00. The van der Waals surface area contributed by atoms with Crippen molar-refractivity contribution in [3.05, 3.63) is 0 Å². The average Bonchev–Trinajstić information content (AvgIpc) is 2.30. The molecule has 1 saturated heterocycles. The molecule has 108 valence electrons. The van der Waals surface area contributed by atoms with E-state index in [2.05, 4.69) is 14.3 Å². The average molecular weight is 278 g/mol. The minimum atomic E-state index is -3.46. The first-order valence-electron chi connectivity index (χ1n) is 6.46. The Kier molecular flexibility index (Phi) is 5.54. The van der Waals surface area contributed by atoms with Gasteiger partial charge in [-0.25, -0.2) is 4.72 Å². The normalized spacial score (nSPS) is 21.4. The van der Waals surface area contributed by atoms with Crippen molar-refractivity contribution in [2.75, 3.05) is 33.2 Å². The van der Waals surface area contributed by atoms with E-state index in [-0.39, 0.29) is 5.92 Å². The van der Waals surface area contributed by atoms with Crippen LogP contribution in [-0.4, -0.2) is 52.1 Å². The Balaban J connectivity index is 2.62. The van der Waals surface area contributed by atoms with E-state index >= 15 is 0 Å². The molecule has 0 unspecified atom stereocenters. The number of hydrogen-bond acceptors (Lipinski definition) is 4. The summed E-state index contributed by atoms with van der Waals surface area (Å²) >= 11 is 0. The lowest BCUT2D eigenvalue weighted by Crippen LogP contribution is -2.60.